The van der Waals surface area contributed by atoms with Gasteiger partial charge < -0.3 is 0 Å². The van der Waals surface area contributed by atoms with Gasteiger partial charge in [0, 0.05) is 0 Å². The maximum absolute atomic E-state index is 10.2. The van der Waals surface area contributed by atoms with Gasteiger partial charge >= 0.3 is 229 Å². The van der Waals surface area contributed by atoms with Crippen LogP contribution < -0.4 is 13.4 Å². The summed E-state index contributed by atoms with van der Waals surface area (Å²) in [4.78, 5) is 0. The molecule has 1 aliphatic carbocycles. The molecule has 0 amide bonds. The van der Waals surface area contributed by atoms with Gasteiger partial charge in [-0.3, -0.25) is 0 Å². The number of hydrogen-bond acceptors (Lipinski definition) is 2. The van der Waals surface area contributed by atoms with Crippen molar-refractivity contribution < 1.29 is 8.98 Å². The second-order valence-corrected chi connectivity index (χ2v) is 20.6. The van der Waals surface area contributed by atoms with E-state index in [2.05, 4.69) is 96.9 Å². The molecule has 1 saturated carbocycles. The number of benzene rings is 3. The van der Waals surface area contributed by atoms with Crippen LogP contribution in [0.2, 0.25) is 11.5 Å². The van der Waals surface area contributed by atoms with E-state index >= 15 is 0 Å². The van der Waals surface area contributed by atoms with Crippen molar-refractivity contribution in [3.8, 4) is 17.3 Å². The number of furan rings is 1. The molecule has 38 heavy (non-hydrogen) atoms. The fourth-order valence-corrected chi connectivity index (χ4v) is 12.6. The zero-order chi connectivity index (χ0) is 26.4. The Kier molecular flexibility index (Phi) is 6.40. The van der Waals surface area contributed by atoms with Crippen molar-refractivity contribution in [1.82, 2.24) is 0 Å². The minimum absolute atomic E-state index is 0.697. The molecule has 0 atom stereocenters. The van der Waals surface area contributed by atoms with Crippen molar-refractivity contribution in [3.05, 3.63) is 89.6 Å². The summed E-state index contributed by atoms with van der Waals surface area (Å²) < 4.78 is 11.5. The van der Waals surface area contributed by atoms with Gasteiger partial charge in [0.1, 0.15) is 0 Å². The van der Waals surface area contributed by atoms with Gasteiger partial charge in [0.05, 0.1) is 0 Å². The van der Waals surface area contributed by atoms with E-state index in [0.29, 0.717) is 5.92 Å². The molecule has 0 N–H and O–H groups in total. The van der Waals surface area contributed by atoms with E-state index in [4.69, 9.17) is 4.42 Å². The van der Waals surface area contributed by atoms with Gasteiger partial charge in [-0.1, -0.05) is 0 Å². The van der Waals surface area contributed by atoms with E-state index in [0.717, 1.165) is 43.2 Å². The van der Waals surface area contributed by atoms with Crippen LogP contribution >= 0.6 is 0 Å². The molecule has 0 radical (unpaired) electrons. The summed E-state index contributed by atoms with van der Waals surface area (Å²) in [5, 5.41) is 12.4. The maximum atomic E-state index is 10.2. The Morgan fingerprint density at radius 2 is 1.58 bits per heavy atom. The summed E-state index contributed by atoms with van der Waals surface area (Å²) in [6, 6.07) is 26.7. The Labute approximate surface area is 228 Å². The number of nitriles is 1. The first-order valence-corrected chi connectivity index (χ1v) is 20.1. The third-order valence-corrected chi connectivity index (χ3v) is 16.2. The molecule has 2 heterocycles. The van der Waals surface area contributed by atoms with E-state index in [1.165, 1.54) is 47.6 Å². The van der Waals surface area contributed by atoms with E-state index in [9.17, 15) is 5.26 Å². The molecule has 1 fully saturated rings. The second kappa shape index (κ2) is 9.75. The topological polar surface area (TPSA) is 40.8 Å². The van der Waals surface area contributed by atoms with Gasteiger partial charge in [0.2, 0.25) is 0 Å². The van der Waals surface area contributed by atoms with E-state index < -0.39 is 13.3 Å². The summed E-state index contributed by atoms with van der Waals surface area (Å²) >= 11 is -2.91. The van der Waals surface area contributed by atoms with E-state index in [1.54, 1.807) is 0 Å². The fourth-order valence-electron chi connectivity index (χ4n) is 6.57. The second-order valence-electron chi connectivity index (χ2n) is 11.5. The molecule has 0 spiro atoms. The van der Waals surface area contributed by atoms with Crippen LogP contribution in [-0.4, -0.2) is 13.3 Å². The molecule has 3 aromatic carbocycles. The SMILES string of the molecule is Cc1ccc2c(oc3[c]([Ge]([CH3])([CH3])[c]4ccc(C5CCCCC5)cc4)c(C#N)ccc32)c1-c1cccc[n+]1C. The molecule has 2 aromatic heterocycles. The predicted molar refractivity (Wildman–Crippen MR) is 159 cm³/mol. The van der Waals surface area contributed by atoms with Gasteiger partial charge in [-0.15, -0.1) is 0 Å². The summed E-state index contributed by atoms with van der Waals surface area (Å²) in [5.41, 5.74) is 7.45. The Morgan fingerprint density at radius 1 is 0.868 bits per heavy atom. The zero-order valence-electron chi connectivity index (χ0n) is 22.8. The number of nitrogens with zero attached hydrogens (tertiary/aromatic N) is 2. The van der Waals surface area contributed by atoms with Gasteiger partial charge in [-0.2, -0.15) is 0 Å². The van der Waals surface area contributed by atoms with Crippen LogP contribution in [0.25, 0.3) is 33.2 Å². The minimum atomic E-state index is -2.91. The number of fused-ring (bicyclic) bond motifs is 3. The van der Waals surface area contributed by atoms with Crippen molar-refractivity contribution in [2.75, 3.05) is 0 Å². The van der Waals surface area contributed by atoms with Gasteiger partial charge in [0.25, 0.3) is 0 Å². The molecule has 0 saturated heterocycles. The summed E-state index contributed by atoms with van der Waals surface area (Å²) in [7, 11) is 2.07. The first kappa shape index (κ1) is 24.9. The average Bonchev–Trinajstić information content (AvgIpc) is 3.32. The number of aromatic nitrogens is 1. The Bertz CT molecular complexity index is 1700. The molecule has 0 bridgehead atoms. The molecule has 3 nitrogen and oxygen atoms in total. The van der Waals surface area contributed by atoms with Crippen molar-refractivity contribution in [2.24, 2.45) is 7.05 Å². The average molecular weight is 560 g/mol. The van der Waals surface area contributed by atoms with Crippen molar-refractivity contribution in [3.63, 3.8) is 0 Å². The number of rotatable bonds is 4. The molecule has 5 aromatic rings. The Hall–Kier alpha value is -3.36. The molecule has 0 aliphatic heterocycles. The van der Waals surface area contributed by atoms with E-state index in [-0.39, 0.29) is 0 Å². The van der Waals surface area contributed by atoms with Crippen molar-refractivity contribution in [2.45, 2.75) is 56.5 Å². The summed E-state index contributed by atoms with van der Waals surface area (Å²) in [5.74, 6) is 5.51. The molecule has 190 valence electrons. The normalized spacial score (nSPS) is 14.7. The van der Waals surface area contributed by atoms with Crippen molar-refractivity contribution in [1.29, 1.82) is 5.26 Å². The fraction of sp³-hybridized carbons (Fsp3) is 0.294. The third-order valence-electron chi connectivity index (χ3n) is 8.78. The molecule has 4 heteroatoms. The quantitative estimate of drug-likeness (QED) is 0.174. The molecule has 0 unspecified atom stereocenters. The third kappa shape index (κ3) is 4.07. The van der Waals surface area contributed by atoms with Gasteiger partial charge in [-0.25, -0.2) is 0 Å². The van der Waals surface area contributed by atoms with Crippen LogP contribution in [0, 0.1) is 18.3 Å². The van der Waals surface area contributed by atoms with E-state index in [1.807, 2.05) is 12.1 Å². The number of pyridine rings is 1. The molecular weight excluding hydrogens is 525 g/mol. The zero-order valence-corrected chi connectivity index (χ0v) is 24.9. The van der Waals surface area contributed by atoms with Crippen LogP contribution in [0.15, 0.2) is 77.3 Å². The van der Waals surface area contributed by atoms with Crippen LogP contribution in [0.5, 0.6) is 0 Å². The Morgan fingerprint density at radius 3 is 2.29 bits per heavy atom. The predicted octanol–water partition coefficient (Wildman–Crippen LogP) is 7.13. The van der Waals surface area contributed by atoms with Crippen LogP contribution in [0.3, 0.4) is 0 Å². The summed E-state index contributed by atoms with van der Waals surface area (Å²) in [6.07, 6.45) is 8.75. The van der Waals surface area contributed by atoms with Crippen molar-refractivity contribution >= 4 is 44.0 Å². The summed E-state index contributed by atoms with van der Waals surface area (Å²) in [6.45, 7) is 2.15. The van der Waals surface area contributed by atoms with Crippen LogP contribution in [0.1, 0.15) is 54.7 Å². The first-order valence-electron chi connectivity index (χ1n) is 13.8. The standard InChI is InChI=1S/C34H35GeN2O/c1-23-13-19-28-29-20-16-26(22-36)32(34(29)38-33(28)31(23)30-12-8-9-21-37(30)4)35(2,3)27-17-14-25(15-18-27)24-10-6-5-7-11-24/h8-9,12-21,24H,5-7,10-11H2,1-4H3/q+1. The van der Waals surface area contributed by atoms with Gasteiger partial charge in [-0.05, 0) is 0 Å². The van der Waals surface area contributed by atoms with Gasteiger partial charge in [0.15, 0.2) is 0 Å². The monoisotopic (exact) mass is 561 g/mol. The number of aryl methyl sites for hydroxylation is 2. The molecular formula is C34H35GeN2O+. The molecule has 1 aliphatic rings. The Balaban J connectivity index is 1.55. The first-order chi connectivity index (χ1) is 18.4. The van der Waals surface area contributed by atoms with Crippen LogP contribution in [0.4, 0.5) is 0 Å². The van der Waals surface area contributed by atoms with Crippen LogP contribution in [-0.2, 0) is 7.05 Å². The molecule has 6 rings (SSSR count). The number of hydrogen-bond donors (Lipinski definition) is 0.